The topological polar surface area (TPSA) is 61.8 Å². The number of aliphatic imine (C=N–C) groups is 1. The normalized spacial score (nSPS) is 41.2. The van der Waals surface area contributed by atoms with Gasteiger partial charge < -0.3 is 10.2 Å². The van der Waals surface area contributed by atoms with Gasteiger partial charge in [0, 0.05) is 20.0 Å². The van der Waals surface area contributed by atoms with Crippen molar-refractivity contribution in [3.63, 3.8) is 0 Å². The number of amidine groups is 1. The van der Waals surface area contributed by atoms with Crippen LogP contribution >= 0.6 is 11.8 Å². The van der Waals surface area contributed by atoms with Gasteiger partial charge in [-0.15, -0.1) is 0 Å². The molecule has 0 spiro atoms. The van der Waals surface area contributed by atoms with E-state index in [-0.39, 0.29) is 11.8 Å². The van der Waals surface area contributed by atoms with Crippen molar-refractivity contribution < 1.29 is 9.59 Å². The molecule has 24 heavy (non-hydrogen) atoms. The Labute approximate surface area is 148 Å². The van der Waals surface area contributed by atoms with Crippen molar-refractivity contribution in [3.05, 3.63) is 0 Å². The molecular formula is C18H27N3O2S. The summed E-state index contributed by atoms with van der Waals surface area (Å²) in [4.78, 5) is 31.0. The molecule has 5 nitrogen and oxygen atoms in total. The van der Waals surface area contributed by atoms with Crippen molar-refractivity contribution >= 4 is 28.7 Å². The molecule has 2 saturated carbocycles. The summed E-state index contributed by atoms with van der Waals surface area (Å²) in [5, 5.41) is 3.90. The van der Waals surface area contributed by atoms with E-state index >= 15 is 0 Å². The zero-order valence-corrected chi connectivity index (χ0v) is 15.4. The van der Waals surface area contributed by atoms with Gasteiger partial charge in [-0.2, -0.15) is 0 Å². The molecule has 0 aromatic rings. The largest absolute Gasteiger partial charge is 0.343 e. The van der Waals surface area contributed by atoms with Crippen molar-refractivity contribution in [3.8, 4) is 0 Å². The molecule has 2 heterocycles. The van der Waals surface area contributed by atoms with Gasteiger partial charge in [-0.25, -0.2) is 0 Å². The number of rotatable bonds is 2. The lowest BCUT2D eigenvalue weighted by molar-refractivity contribution is -0.130. The third-order valence-corrected chi connectivity index (χ3v) is 8.03. The average Bonchev–Trinajstić information content (AvgIpc) is 3.24. The lowest BCUT2D eigenvalue weighted by atomic mass is 9.84. The highest BCUT2D eigenvalue weighted by molar-refractivity contribution is 8.16. The number of hydrogen-bond acceptors (Lipinski definition) is 4. The fourth-order valence-corrected chi connectivity index (χ4v) is 6.37. The zero-order valence-electron chi connectivity index (χ0n) is 14.6. The molecule has 4 fully saturated rings. The molecule has 2 saturated heterocycles. The van der Waals surface area contributed by atoms with Crippen LogP contribution in [-0.2, 0) is 9.59 Å². The number of amides is 2. The van der Waals surface area contributed by atoms with Crippen LogP contribution in [0.25, 0.3) is 0 Å². The number of hydrogen-bond donors (Lipinski definition) is 1. The monoisotopic (exact) mass is 349 g/mol. The highest BCUT2D eigenvalue weighted by Gasteiger charge is 2.50. The highest BCUT2D eigenvalue weighted by Crippen LogP contribution is 2.48. The fraction of sp³-hybridized carbons (Fsp3) is 0.833. The number of carbonyl (C=O) groups excluding carboxylic acids is 2. The molecule has 0 aromatic heterocycles. The maximum atomic E-state index is 12.7. The van der Waals surface area contributed by atoms with Gasteiger partial charge in [-0.3, -0.25) is 14.6 Å². The number of thioether (sulfide) groups is 1. The molecule has 1 N–H and O–H groups in total. The van der Waals surface area contributed by atoms with Gasteiger partial charge in [0.05, 0.1) is 6.04 Å². The van der Waals surface area contributed by atoms with E-state index in [0.717, 1.165) is 42.9 Å². The second kappa shape index (κ2) is 6.04. The van der Waals surface area contributed by atoms with Gasteiger partial charge in [0.15, 0.2) is 5.17 Å². The van der Waals surface area contributed by atoms with Gasteiger partial charge in [-0.1, -0.05) is 18.2 Å². The lowest BCUT2D eigenvalue weighted by Crippen LogP contribution is -2.47. The molecule has 2 bridgehead atoms. The SMILES string of the molecule is CC(=O)N1CCC(C2(C)SC(=N[C@H]3CC4CCC3C4)NC2=O)CC1. The smallest absolute Gasteiger partial charge is 0.242 e. The number of fused-ring (bicyclic) bond motifs is 2. The second-order valence-electron chi connectivity index (χ2n) is 8.12. The molecule has 4 atom stereocenters. The van der Waals surface area contributed by atoms with Crippen LogP contribution in [0.4, 0.5) is 0 Å². The van der Waals surface area contributed by atoms with Gasteiger partial charge in [0.1, 0.15) is 4.75 Å². The molecule has 0 radical (unpaired) electrons. The molecule has 2 aliphatic heterocycles. The Morgan fingerprint density at radius 1 is 1.25 bits per heavy atom. The Morgan fingerprint density at radius 2 is 2.00 bits per heavy atom. The highest BCUT2D eigenvalue weighted by atomic mass is 32.2. The first-order valence-corrected chi connectivity index (χ1v) is 10.1. The third-order valence-electron chi connectivity index (χ3n) is 6.68. The third kappa shape index (κ3) is 2.76. The predicted molar refractivity (Wildman–Crippen MR) is 95.8 cm³/mol. The minimum atomic E-state index is -0.431. The number of nitrogens with zero attached hydrogens (tertiary/aromatic N) is 2. The molecule has 3 unspecified atom stereocenters. The zero-order chi connectivity index (χ0) is 16.9. The molecule has 0 aromatic carbocycles. The molecule has 2 amide bonds. The summed E-state index contributed by atoms with van der Waals surface area (Å²) in [7, 11) is 0. The number of carbonyl (C=O) groups is 2. The van der Waals surface area contributed by atoms with E-state index < -0.39 is 4.75 Å². The number of nitrogens with one attached hydrogen (secondary N) is 1. The standard InChI is InChI=1S/C18H27N3O2S/c1-11(22)21-7-5-14(6-8-21)18(2)16(23)20-17(24-18)19-15-10-12-3-4-13(15)9-12/h12-15H,3-10H2,1-2H3,(H,19,20,23)/t12?,13?,15-,18?/m0/s1. The quantitative estimate of drug-likeness (QED) is 0.833. The van der Waals surface area contributed by atoms with Crippen molar-refractivity contribution in [2.45, 2.75) is 63.2 Å². The average molecular weight is 350 g/mol. The van der Waals surface area contributed by atoms with Crippen LogP contribution in [0, 0.1) is 17.8 Å². The number of piperidine rings is 1. The maximum absolute atomic E-state index is 12.7. The Kier molecular flexibility index (Phi) is 4.14. The fourth-order valence-electron chi connectivity index (χ4n) is 5.09. The first kappa shape index (κ1) is 16.4. The minimum Gasteiger partial charge on any atom is -0.343 e. The van der Waals surface area contributed by atoms with E-state index in [1.165, 1.54) is 25.7 Å². The van der Waals surface area contributed by atoms with Crippen molar-refractivity contribution in [2.24, 2.45) is 22.7 Å². The Hall–Kier alpha value is -1.04. The van der Waals surface area contributed by atoms with Gasteiger partial charge in [0.2, 0.25) is 11.8 Å². The molecule has 2 aliphatic carbocycles. The van der Waals surface area contributed by atoms with Crippen LogP contribution in [0.15, 0.2) is 4.99 Å². The lowest BCUT2D eigenvalue weighted by Gasteiger charge is -2.37. The molecule has 4 aliphatic rings. The van der Waals surface area contributed by atoms with Crippen molar-refractivity contribution in [1.29, 1.82) is 0 Å². The van der Waals surface area contributed by atoms with E-state index in [4.69, 9.17) is 4.99 Å². The van der Waals surface area contributed by atoms with E-state index in [0.29, 0.717) is 12.0 Å². The molecule has 6 heteroatoms. The summed E-state index contributed by atoms with van der Waals surface area (Å²) in [5.74, 6) is 2.17. The van der Waals surface area contributed by atoms with Crippen LogP contribution in [0.1, 0.15) is 52.4 Å². The number of likely N-dealkylation sites (tertiary alicyclic amines) is 1. The second-order valence-corrected chi connectivity index (χ2v) is 9.56. The van der Waals surface area contributed by atoms with Crippen LogP contribution in [0.2, 0.25) is 0 Å². The van der Waals surface area contributed by atoms with E-state index in [2.05, 4.69) is 12.2 Å². The van der Waals surface area contributed by atoms with E-state index in [1.807, 2.05) is 4.90 Å². The van der Waals surface area contributed by atoms with Crippen molar-refractivity contribution in [2.75, 3.05) is 13.1 Å². The summed E-state index contributed by atoms with van der Waals surface area (Å²) in [5.41, 5.74) is 0. The summed E-state index contributed by atoms with van der Waals surface area (Å²) >= 11 is 1.64. The summed E-state index contributed by atoms with van der Waals surface area (Å²) in [6.07, 6.45) is 7.03. The van der Waals surface area contributed by atoms with Gasteiger partial charge in [-0.05, 0) is 56.8 Å². The summed E-state index contributed by atoms with van der Waals surface area (Å²) < 4.78 is -0.431. The first-order chi connectivity index (χ1) is 11.5. The van der Waals surface area contributed by atoms with Crippen LogP contribution in [0.3, 0.4) is 0 Å². The van der Waals surface area contributed by atoms with E-state index in [9.17, 15) is 9.59 Å². The molecule has 4 rings (SSSR count). The Balaban J connectivity index is 1.43. The predicted octanol–water partition coefficient (Wildman–Crippen LogP) is 2.41. The minimum absolute atomic E-state index is 0.107. The van der Waals surface area contributed by atoms with Crippen LogP contribution in [0.5, 0.6) is 0 Å². The Morgan fingerprint density at radius 3 is 2.58 bits per heavy atom. The van der Waals surface area contributed by atoms with Crippen LogP contribution in [-0.4, -0.2) is 45.8 Å². The Bertz CT molecular complexity index is 585. The van der Waals surface area contributed by atoms with Gasteiger partial charge >= 0.3 is 0 Å². The van der Waals surface area contributed by atoms with Crippen LogP contribution < -0.4 is 5.32 Å². The molecule has 132 valence electrons. The van der Waals surface area contributed by atoms with Gasteiger partial charge in [0.25, 0.3) is 0 Å². The van der Waals surface area contributed by atoms with Crippen molar-refractivity contribution in [1.82, 2.24) is 10.2 Å². The first-order valence-electron chi connectivity index (χ1n) is 9.29. The summed E-state index contributed by atoms with van der Waals surface area (Å²) in [6.45, 7) is 5.22. The maximum Gasteiger partial charge on any atom is 0.242 e. The molecular weight excluding hydrogens is 322 g/mol. The summed E-state index contributed by atoms with van der Waals surface area (Å²) in [6, 6.07) is 0.425. The van der Waals surface area contributed by atoms with E-state index in [1.54, 1.807) is 18.7 Å².